The van der Waals surface area contributed by atoms with E-state index in [4.69, 9.17) is 14.2 Å². The molecule has 3 atom stereocenters. The normalized spacial score (nSPS) is 18.8. The number of ether oxygens (including phenoxy) is 3. The molecule has 1 aliphatic rings. The number of rotatable bonds is 10. The summed E-state index contributed by atoms with van der Waals surface area (Å²) in [7, 11) is 0. The Morgan fingerprint density at radius 3 is 2.58 bits per heavy atom. The summed E-state index contributed by atoms with van der Waals surface area (Å²) >= 11 is 0. The molecule has 0 aromatic heterocycles. The summed E-state index contributed by atoms with van der Waals surface area (Å²) in [6.45, 7) is 6.36. The quantitative estimate of drug-likeness (QED) is 0.232. The molecule has 1 aromatic rings. The fourth-order valence-electron chi connectivity index (χ4n) is 2.70. The van der Waals surface area contributed by atoms with Crippen molar-refractivity contribution in [1.29, 1.82) is 0 Å². The zero-order valence-electron chi connectivity index (χ0n) is 17.7. The zero-order chi connectivity index (χ0) is 22.0. The summed E-state index contributed by atoms with van der Waals surface area (Å²) < 4.78 is 54.1. The Hall–Kier alpha value is -1.31. The van der Waals surface area contributed by atoms with E-state index < -0.39 is 17.8 Å². The SMILES string of the molecule is CCNC(=NCC(O)COc1ccc(C(F)(F)F)cc1)NC(C)COC1CCOC1.I. The van der Waals surface area contributed by atoms with Crippen LogP contribution >= 0.6 is 24.0 Å². The molecule has 1 heterocycles. The molecule has 7 nitrogen and oxygen atoms in total. The minimum atomic E-state index is -4.39. The standard InChI is InChI=1S/C20H30F3N3O4.HI/c1-3-24-19(26-14(2)11-29-18-8-9-28-13-18)25-10-16(27)12-30-17-6-4-15(5-7-17)20(21,22)23;/h4-7,14,16,18,27H,3,8-13H2,1-2H3,(H2,24,25,26);1H. The molecule has 0 radical (unpaired) electrons. The van der Waals surface area contributed by atoms with Crippen molar-refractivity contribution in [3.8, 4) is 5.75 Å². The molecule has 0 saturated carbocycles. The Balaban J connectivity index is 0.00000480. The van der Waals surface area contributed by atoms with Crippen LogP contribution in [0.15, 0.2) is 29.3 Å². The predicted octanol–water partition coefficient (Wildman–Crippen LogP) is 2.81. The summed E-state index contributed by atoms with van der Waals surface area (Å²) in [5.41, 5.74) is -0.750. The van der Waals surface area contributed by atoms with Crippen molar-refractivity contribution >= 4 is 29.9 Å². The Bertz CT molecular complexity index is 656. The molecule has 0 aliphatic carbocycles. The summed E-state index contributed by atoms with van der Waals surface area (Å²) in [5.74, 6) is 0.780. The van der Waals surface area contributed by atoms with Gasteiger partial charge in [0.05, 0.1) is 31.4 Å². The first-order chi connectivity index (χ1) is 14.3. The van der Waals surface area contributed by atoms with Crippen molar-refractivity contribution in [3.63, 3.8) is 0 Å². The Morgan fingerprint density at radius 1 is 1.29 bits per heavy atom. The third-order valence-corrected chi connectivity index (χ3v) is 4.28. The van der Waals surface area contributed by atoms with Gasteiger partial charge in [0.1, 0.15) is 18.5 Å². The van der Waals surface area contributed by atoms with E-state index in [1.807, 2.05) is 13.8 Å². The van der Waals surface area contributed by atoms with Gasteiger partial charge in [-0.15, -0.1) is 24.0 Å². The predicted molar refractivity (Wildman–Crippen MR) is 122 cm³/mol. The number of aliphatic hydroxyl groups excluding tert-OH is 1. The van der Waals surface area contributed by atoms with Crippen molar-refractivity contribution in [2.24, 2.45) is 4.99 Å². The van der Waals surface area contributed by atoms with Crippen molar-refractivity contribution in [3.05, 3.63) is 29.8 Å². The average molecular weight is 561 g/mol. The molecule has 1 aromatic carbocycles. The van der Waals surface area contributed by atoms with Crippen LogP contribution in [0.3, 0.4) is 0 Å². The van der Waals surface area contributed by atoms with E-state index in [-0.39, 0.29) is 55.0 Å². The van der Waals surface area contributed by atoms with Crippen molar-refractivity contribution < 1.29 is 32.5 Å². The lowest BCUT2D eigenvalue weighted by Gasteiger charge is -2.20. The van der Waals surface area contributed by atoms with Crippen LogP contribution in [0.4, 0.5) is 13.2 Å². The fourth-order valence-corrected chi connectivity index (χ4v) is 2.70. The number of nitrogens with zero attached hydrogens (tertiary/aromatic N) is 1. The highest BCUT2D eigenvalue weighted by molar-refractivity contribution is 14.0. The molecule has 3 N–H and O–H groups in total. The van der Waals surface area contributed by atoms with Gasteiger partial charge in [0.25, 0.3) is 0 Å². The van der Waals surface area contributed by atoms with Crippen molar-refractivity contribution in [2.45, 2.75) is 44.7 Å². The number of aliphatic imine (C=N–C) groups is 1. The van der Waals surface area contributed by atoms with Gasteiger partial charge in [-0.2, -0.15) is 13.2 Å². The highest BCUT2D eigenvalue weighted by Gasteiger charge is 2.30. The Morgan fingerprint density at radius 2 is 2.00 bits per heavy atom. The molecular formula is C20H31F3IN3O4. The van der Waals surface area contributed by atoms with E-state index in [0.717, 1.165) is 25.2 Å². The molecule has 1 saturated heterocycles. The molecule has 0 spiro atoms. The van der Waals surface area contributed by atoms with Gasteiger partial charge in [0.2, 0.25) is 0 Å². The van der Waals surface area contributed by atoms with E-state index in [0.29, 0.717) is 25.7 Å². The Kier molecular flexibility index (Phi) is 12.5. The second kappa shape index (κ2) is 14.0. The largest absolute Gasteiger partial charge is 0.491 e. The minimum absolute atomic E-state index is 0. The number of benzene rings is 1. The lowest BCUT2D eigenvalue weighted by Crippen LogP contribution is -2.45. The van der Waals surface area contributed by atoms with E-state index in [1.54, 1.807) is 0 Å². The molecule has 2 rings (SSSR count). The molecule has 178 valence electrons. The van der Waals surface area contributed by atoms with Gasteiger partial charge in [-0.25, -0.2) is 0 Å². The van der Waals surface area contributed by atoms with E-state index in [1.165, 1.54) is 12.1 Å². The number of nitrogens with one attached hydrogen (secondary N) is 2. The van der Waals surface area contributed by atoms with Gasteiger partial charge in [-0.3, -0.25) is 4.99 Å². The monoisotopic (exact) mass is 561 g/mol. The molecule has 1 aliphatic heterocycles. The van der Waals surface area contributed by atoms with Crippen LogP contribution in [0.25, 0.3) is 0 Å². The molecular weight excluding hydrogens is 530 g/mol. The lowest BCUT2D eigenvalue weighted by atomic mass is 10.2. The first-order valence-corrected chi connectivity index (χ1v) is 10.00. The molecule has 0 bridgehead atoms. The van der Waals surface area contributed by atoms with E-state index in [9.17, 15) is 18.3 Å². The zero-order valence-corrected chi connectivity index (χ0v) is 20.0. The first-order valence-electron chi connectivity index (χ1n) is 10.00. The third-order valence-electron chi connectivity index (χ3n) is 4.28. The molecule has 11 heteroatoms. The van der Waals surface area contributed by atoms with Crippen LogP contribution in [0.2, 0.25) is 0 Å². The Labute approximate surface area is 197 Å². The van der Waals surface area contributed by atoms with E-state index in [2.05, 4.69) is 15.6 Å². The molecule has 0 amide bonds. The van der Waals surface area contributed by atoms with Crippen LogP contribution in [0.1, 0.15) is 25.8 Å². The van der Waals surface area contributed by atoms with Crippen LogP contribution in [0, 0.1) is 0 Å². The fraction of sp³-hybridized carbons (Fsp3) is 0.650. The first kappa shape index (κ1) is 27.7. The van der Waals surface area contributed by atoms with Crippen LogP contribution in [-0.2, 0) is 15.7 Å². The minimum Gasteiger partial charge on any atom is -0.491 e. The number of aliphatic hydroxyl groups is 1. The van der Waals surface area contributed by atoms with E-state index >= 15 is 0 Å². The van der Waals surface area contributed by atoms with Gasteiger partial charge in [0, 0.05) is 19.2 Å². The average Bonchev–Trinajstić information content (AvgIpc) is 3.22. The maximum absolute atomic E-state index is 12.6. The van der Waals surface area contributed by atoms with Gasteiger partial charge >= 0.3 is 6.18 Å². The molecule has 3 unspecified atom stereocenters. The third kappa shape index (κ3) is 10.7. The number of guanidine groups is 1. The molecule has 1 fully saturated rings. The number of halogens is 4. The van der Waals surface area contributed by atoms with Crippen molar-refractivity contribution in [1.82, 2.24) is 10.6 Å². The van der Waals surface area contributed by atoms with Crippen LogP contribution in [-0.4, -0.2) is 68.8 Å². The summed E-state index contributed by atoms with van der Waals surface area (Å²) in [5, 5.41) is 16.4. The van der Waals surface area contributed by atoms with Crippen molar-refractivity contribution in [2.75, 3.05) is 39.5 Å². The number of hydrogen-bond donors (Lipinski definition) is 3. The lowest BCUT2D eigenvalue weighted by molar-refractivity contribution is -0.137. The molecule has 31 heavy (non-hydrogen) atoms. The number of hydrogen-bond acceptors (Lipinski definition) is 5. The van der Waals surface area contributed by atoms with Crippen LogP contribution < -0.4 is 15.4 Å². The summed E-state index contributed by atoms with van der Waals surface area (Å²) in [4.78, 5) is 4.33. The van der Waals surface area contributed by atoms with Gasteiger partial charge in [0.15, 0.2) is 5.96 Å². The number of alkyl halides is 3. The summed E-state index contributed by atoms with van der Waals surface area (Å²) in [6, 6.07) is 4.33. The summed E-state index contributed by atoms with van der Waals surface area (Å²) in [6.07, 6.45) is -4.29. The maximum Gasteiger partial charge on any atom is 0.416 e. The maximum atomic E-state index is 12.6. The topological polar surface area (TPSA) is 84.3 Å². The van der Waals surface area contributed by atoms with Gasteiger partial charge < -0.3 is 30.0 Å². The highest BCUT2D eigenvalue weighted by atomic mass is 127. The second-order valence-corrected chi connectivity index (χ2v) is 7.07. The highest BCUT2D eigenvalue weighted by Crippen LogP contribution is 2.30. The second-order valence-electron chi connectivity index (χ2n) is 7.07. The van der Waals surface area contributed by atoms with Gasteiger partial charge in [-0.1, -0.05) is 0 Å². The smallest absolute Gasteiger partial charge is 0.416 e. The van der Waals surface area contributed by atoms with Crippen LogP contribution in [0.5, 0.6) is 5.75 Å². The van der Waals surface area contributed by atoms with Gasteiger partial charge in [-0.05, 0) is 44.5 Å².